The van der Waals surface area contributed by atoms with E-state index in [4.69, 9.17) is 16.3 Å². The SMILES string of the molecule is Cc1cc(OCC(=O)NCCN2C(=O)S/C(=C\c3ccccc3)C2=O)ccc1Cl. The number of thioether (sulfide) groups is 1. The lowest BCUT2D eigenvalue weighted by atomic mass is 10.2. The zero-order valence-corrected chi connectivity index (χ0v) is 17.3. The summed E-state index contributed by atoms with van der Waals surface area (Å²) in [6.45, 7) is 1.93. The fraction of sp³-hybridized carbons (Fsp3) is 0.190. The molecular formula is C21H19ClN2O4S. The lowest BCUT2D eigenvalue weighted by Gasteiger charge is -2.13. The van der Waals surface area contributed by atoms with Crippen molar-refractivity contribution in [1.82, 2.24) is 10.2 Å². The van der Waals surface area contributed by atoms with Crippen molar-refractivity contribution in [1.29, 1.82) is 0 Å². The minimum atomic E-state index is -0.356. The Hall–Kier alpha value is -2.77. The predicted octanol–water partition coefficient (Wildman–Crippen LogP) is 3.88. The van der Waals surface area contributed by atoms with Gasteiger partial charge in [0, 0.05) is 18.1 Å². The van der Waals surface area contributed by atoms with Crippen LogP contribution in [0, 0.1) is 6.92 Å². The van der Waals surface area contributed by atoms with E-state index in [1.807, 2.05) is 37.3 Å². The molecule has 8 heteroatoms. The molecule has 1 heterocycles. The number of nitrogens with one attached hydrogen (secondary N) is 1. The molecule has 0 aromatic heterocycles. The highest BCUT2D eigenvalue weighted by atomic mass is 35.5. The molecule has 0 saturated carbocycles. The molecule has 3 amide bonds. The van der Waals surface area contributed by atoms with Gasteiger partial charge < -0.3 is 10.1 Å². The van der Waals surface area contributed by atoms with E-state index in [1.165, 1.54) is 0 Å². The molecule has 0 radical (unpaired) electrons. The van der Waals surface area contributed by atoms with Crippen molar-refractivity contribution in [3.63, 3.8) is 0 Å². The highest BCUT2D eigenvalue weighted by Crippen LogP contribution is 2.31. The largest absolute Gasteiger partial charge is 0.484 e. The number of rotatable bonds is 7. The van der Waals surface area contributed by atoms with Crippen LogP contribution in [0.3, 0.4) is 0 Å². The molecule has 1 fully saturated rings. The average Bonchev–Trinajstić information content (AvgIpc) is 2.97. The van der Waals surface area contributed by atoms with Gasteiger partial charge in [0.1, 0.15) is 5.75 Å². The molecule has 1 aliphatic heterocycles. The van der Waals surface area contributed by atoms with Crippen molar-refractivity contribution in [3.8, 4) is 5.75 Å². The van der Waals surface area contributed by atoms with Crippen molar-refractivity contribution >= 4 is 46.5 Å². The van der Waals surface area contributed by atoms with Gasteiger partial charge in [-0.05, 0) is 54.1 Å². The second kappa shape index (κ2) is 9.62. The van der Waals surface area contributed by atoms with Crippen molar-refractivity contribution in [3.05, 3.63) is 69.6 Å². The van der Waals surface area contributed by atoms with Gasteiger partial charge in [0.2, 0.25) is 0 Å². The van der Waals surface area contributed by atoms with Crippen molar-refractivity contribution in [2.75, 3.05) is 19.7 Å². The molecule has 0 bridgehead atoms. The van der Waals surface area contributed by atoms with E-state index in [0.717, 1.165) is 27.8 Å². The van der Waals surface area contributed by atoms with Gasteiger partial charge in [0.05, 0.1) is 4.91 Å². The summed E-state index contributed by atoms with van der Waals surface area (Å²) in [7, 11) is 0. The smallest absolute Gasteiger partial charge is 0.293 e. The molecule has 2 aromatic carbocycles. The Kier molecular flexibility index (Phi) is 6.95. The summed E-state index contributed by atoms with van der Waals surface area (Å²) in [5, 5.41) is 2.92. The summed E-state index contributed by atoms with van der Waals surface area (Å²) < 4.78 is 5.42. The van der Waals surface area contributed by atoms with E-state index in [-0.39, 0.29) is 36.7 Å². The second-order valence-electron chi connectivity index (χ2n) is 6.29. The lowest BCUT2D eigenvalue weighted by Crippen LogP contribution is -2.38. The maximum Gasteiger partial charge on any atom is 0.293 e. The highest BCUT2D eigenvalue weighted by Gasteiger charge is 2.34. The number of hydrogen-bond donors (Lipinski definition) is 1. The van der Waals surface area contributed by atoms with Crippen molar-refractivity contribution in [2.24, 2.45) is 0 Å². The molecule has 1 aliphatic rings. The standard InChI is InChI=1S/C21H19ClN2O4S/c1-14-11-16(7-8-17(14)22)28-13-19(25)23-9-10-24-20(26)18(29-21(24)27)12-15-5-3-2-4-6-15/h2-8,11-12H,9-10,13H2,1H3,(H,23,25)/b18-12-. The molecule has 6 nitrogen and oxygen atoms in total. The topological polar surface area (TPSA) is 75.7 Å². The molecule has 150 valence electrons. The molecule has 1 N–H and O–H groups in total. The number of hydrogen-bond acceptors (Lipinski definition) is 5. The minimum absolute atomic E-state index is 0.0998. The zero-order valence-electron chi connectivity index (χ0n) is 15.7. The summed E-state index contributed by atoms with van der Waals surface area (Å²) in [6.07, 6.45) is 1.69. The molecular weight excluding hydrogens is 412 g/mol. The van der Waals surface area contributed by atoms with E-state index in [9.17, 15) is 14.4 Å². The van der Waals surface area contributed by atoms with Gasteiger partial charge in [0.25, 0.3) is 17.1 Å². The number of benzene rings is 2. The Morgan fingerprint density at radius 3 is 2.69 bits per heavy atom. The van der Waals surface area contributed by atoms with Gasteiger partial charge in [-0.25, -0.2) is 0 Å². The first-order valence-corrected chi connectivity index (χ1v) is 10.1. The number of amides is 3. The van der Waals surface area contributed by atoms with Crippen LogP contribution in [0.4, 0.5) is 4.79 Å². The molecule has 2 aromatic rings. The van der Waals surface area contributed by atoms with Crippen molar-refractivity contribution < 1.29 is 19.1 Å². The third-order valence-corrected chi connectivity index (χ3v) is 5.46. The van der Waals surface area contributed by atoms with Gasteiger partial charge >= 0.3 is 0 Å². The van der Waals surface area contributed by atoms with Crippen LogP contribution in [0.25, 0.3) is 6.08 Å². The van der Waals surface area contributed by atoms with Crippen LogP contribution in [-0.2, 0) is 9.59 Å². The summed E-state index contributed by atoms with van der Waals surface area (Å²) >= 11 is 6.85. The number of halogens is 1. The summed E-state index contributed by atoms with van der Waals surface area (Å²) in [5.41, 5.74) is 1.70. The number of ether oxygens (including phenoxy) is 1. The summed E-state index contributed by atoms with van der Waals surface area (Å²) in [6, 6.07) is 14.4. The number of carbonyl (C=O) groups excluding carboxylic acids is 3. The monoisotopic (exact) mass is 430 g/mol. The van der Waals surface area contributed by atoms with Crippen molar-refractivity contribution in [2.45, 2.75) is 6.92 Å². The average molecular weight is 431 g/mol. The molecule has 0 aliphatic carbocycles. The van der Waals surface area contributed by atoms with E-state index < -0.39 is 0 Å². The van der Waals surface area contributed by atoms with Crippen LogP contribution < -0.4 is 10.1 Å². The van der Waals surface area contributed by atoms with E-state index in [2.05, 4.69) is 5.32 Å². The molecule has 29 heavy (non-hydrogen) atoms. The van der Waals surface area contributed by atoms with Gasteiger partial charge in [-0.2, -0.15) is 0 Å². The molecule has 0 spiro atoms. The molecule has 0 atom stereocenters. The van der Waals surface area contributed by atoms with Crippen LogP contribution in [0.15, 0.2) is 53.4 Å². The maximum absolute atomic E-state index is 12.4. The fourth-order valence-corrected chi connectivity index (χ4v) is 3.59. The first-order valence-electron chi connectivity index (χ1n) is 8.90. The van der Waals surface area contributed by atoms with Crippen LogP contribution in [0.2, 0.25) is 5.02 Å². The fourth-order valence-electron chi connectivity index (χ4n) is 2.61. The normalized spacial score (nSPS) is 15.1. The number of aryl methyl sites for hydroxylation is 1. The third-order valence-electron chi connectivity index (χ3n) is 4.13. The number of carbonyl (C=O) groups is 3. The molecule has 0 unspecified atom stereocenters. The first-order chi connectivity index (χ1) is 13.9. The number of nitrogens with zero attached hydrogens (tertiary/aromatic N) is 1. The first kappa shape index (κ1) is 21.0. The van der Waals surface area contributed by atoms with Gasteiger partial charge in [0.15, 0.2) is 6.61 Å². The maximum atomic E-state index is 12.4. The van der Waals surface area contributed by atoms with Gasteiger partial charge in [-0.1, -0.05) is 41.9 Å². The Labute approximate surface area is 177 Å². The Bertz CT molecular complexity index is 962. The highest BCUT2D eigenvalue weighted by molar-refractivity contribution is 8.18. The number of imide groups is 1. The van der Waals surface area contributed by atoms with Crippen LogP contribution in [0.5, 0.6) is 5.75 Å². The summed E-state index contributed by atoms with van der Waals surface area (Å²) in [4.78, 5) is 38.0. The Morgan fingerprint density at radius 2 is 1.97 bits per heavy atom. The second-order valence-corrected chi connectivity index (χ2v) is 7.69. The summed E-state index contributed by atoms with van der Waals surface area (Å²) in [5.74, 6) is -0.158. The predicted molar refractivity (Wildman–Crippen MR) is 114 cm³/mol. The zero-order chi connectivity index (χ0) is 20.8. The van der Waals surface area contributed by atoms with E-state index in [0.29, 0.717) is 15.7 Å². The Balaban J connectivity index is 1.46. The van der Waals surface area contributed by atoms with Gasteiger partial charge in [-0.3, -0.25) is 19.3 Å². The minimum Gasteiger partial charge on any atom is -0.484 e. The van der Waals surface area contributed by atoms with E-state index in [1.54, 1.807) is 24.3 Å². The quantitative estimate of drug-likeness (QED) is 0.674. The Morgan fingerprint density at radius 1 is 1.21 bits per heavy atom. The lowest BCUT2D eigenvalue weighted by molar-refractivity contribution is -0.125. The van der Waals surface area contributed by atoms with Crippen LogP contribution in [0.1, 0.15) is 11.1 Å². The molecule has 1 saturated heterocycles. The molecule has 3 rings (SSSR count). The van der Waals surface area contributed by atoms with E-state index >= 15 is 0 Å². The van der Waals surface area contributed by atoms with Gasteiger partial charge in [-0.15, -0.1) is 0 Å². The van der Waals surface area contributed by atoms with Crippen LogP contribution in [-0.4, -0.2) is 41.6 Å². The third kappa shape index (κ3) is 5.62. The van der Waals surface area contributed by atoms with Crippen LogP contribution >= 0.6 is 23.4 Å².